The van der Waals surface area contributed by atoms with E-state index in [0.717, 1.165) is 37.5 Å². The molecule has 4 unspecified atom stereocenters. The molecule has 3 aliphatic rings. The molecule has 5 atom stereocenters. The second-order valence-corrected chi connectivity index (χ2v) is 9.03. The Morgan fingerprint density at radius 2 is 1.90 bits per heavy atom. The summed E-state index contributed by atoms with van der Waals surface area (Å²) in [5.41, 5.74) is 1.52. The molecule has 1 aliphatic heterocycles. The molecule has 6 rings (SSSR count). The Hall–Kier alpha value is -3.03. The third-order valence-corrected chi connectivity index (χ3v) is 7.47. The summed E-state index contributed by atoms with van der Waals surface area (Å²) in [5, 5.41) is 10.1. The smallest absolute Gasteiger partial charge is 0.246 e. The van der Waals surface area contributed by atoms with Gasteiger partial charge in [-0.1, -0.05) is 0 Å². The number of benzene rings is 1. The standard InChI is InChI=1S/C23H23F2N5O/c24-16-9-14(10-17(25)12-16)21-3-5-27-30(21)23(31)20-11-15(18-1-2-19(18)20)13-28-7-8-29-22(28)4-6-26-29/h4-10,12,15,18-21H,1-3,11,13H2/t15?,18?,19?,20-,21?/m0/s1. The molecule has 0 radical (unpaired) electrons. The zero-order valence-electron chi connectivity index (χ0n) is 16.9. The van der Waals surface area contributed by atoms with Gasteiger partial charge in [-0.05, 0) is 54.7 Å². The molecular formula is C23H23F2N5O. The van der Waals surface area contributed by atoms with Gasteiger partial charge >= 0.3 is 0 Å². The molecule has 160 valence electrons. The van der Waals surface area contributed by atoms with Crippen molar-refractivity contribution in [1.82, 2.24) is 19.2 Å². The van der Waals surface area contributed by atoms with Crippen LogP contribution in [-0.4, -0.2) is 31.3 Å². The number of nitrogens with zero attached hydrogens (tertiary/aromatic N) is 5. The van der Waals surface area contributed by atoms with Crippen LogP contribution in [0, 0.1) is 35.3 Å². The van der Waals surface area contributed by atoms with Crippen LogP contribution >= 0.6 is 0 Å². The third-order valence-electron chi connectivity index (χ3n) is 7.47. The van der Waals surface area contributed by atoms with E-state index in [9.17, 15) is 13.6 Å². The van der Waals surface area contributed by atoms with Gasteiger partial charge in [-0.25, -0.2) is 18.3 Å². The molecule has 31 heavy (non-hydrogen) atoms. The van der Waals surface area contributed by atoms with Gasteiger partial charge in [0.15, 0.2) is 0 Å². The second kappa shape index (κ2) is 7.00. The van der Waals surface area contributed by atoms with Crippen LogP contribution in [0.25, 0.3) is 5.65 Å². The highest BCUT2D eigenvalue weighted by atomic mass is 19.1. The lowest BCUT2D eigenvalue weighted by Crippen LogP contribution is -2.38. The molecule has 1 aromatic carbocycles. The number of hydrogen-bond donors (Lipinski definition) is 0. The van der Waals surface area contributed by atoms with Crippen LogP contribution in [0.15, 0.2) is 48.0 Å². The van der Waals surface area contributed by atoms with Gasteiger partial charge < -0.3 is 4.57 Å². The molecule has 3 aromatic rings. The number of fused-ring (bicyclic) bond motifs is 2. The van der Waals surface area contributed by atoms with E-state index in [1.165, 1.54) is 17.1 Å². The Morgan fingerprint density at radius 1 is 1.10 bits per heavy atom. The summed E-state index contributed by atoms with van der Waals surface area (Å²) in [6, 6.07) is 5.01. The lowest BCUT2D eigenvalue weighted by molar-refractivity contribution is -0.139. The van der Waals surface area contributed by atoms with Crippen molar-refractivity contribution in [2.75, 3.05) is 0 Å². The van der Waals surface area contributed by atoms with Crippen molar-refractivity contribution >= 4 is 17.8 Å². The number of aromatic nitrogens is 3. The molecule has 8 heteroatoms. The number of halogens is 2. The predicted molar refractivity (Wildman–Crippen MR) is 110 cm³/mol. The Bertz CT molecular complexity index is 1160. The number of imidazole rings is 1. The van der Waals surface area contributed by atoms with Gasteiger partial charge in [-0.3, -0.25) is 4.79 Å². The molecule has 2 aromatic heterocycles. The molecule has 6 nitrogen and oxygen atoms in total. The predicted octanol–water partition coefficient (Wildman–Crippen LogP) is 4.04. The molecule has 2 saturated carbocycles. The van der Waals surface area contributed by atoms with Gasteiger partial charge in [0.05, 0.1) is 12.2 Å². The molecule has 1 amide bonds. The summed E-state index contributed by atoms with van der Waals surface area (Å²) in [6.07, 6.45) is 11.0. The van der Waals surface area contributed by atoms with Crippen LogP contribution < -0.4 is 0 Å². The van der Waals surface area contributed by atoms with Crippen molar-refractivity contribution in [3.05, 3.63) is 60.1 Å². The lowest BCUT2D eigenvalue weighted by Gasteiger charge is -2.37. The van der Waals surface area contributed by atoms with Crippen molar-refractivity contribution in [3.8, 4) is 0 Å². The molecule has 2 fully saturated rings. The maximum Gasteiger partial charge on any atom is 0.246 e. The van der Waals surface area contributed by atoms with Crippen LogP contribution in [0.3, 0.4) is 0 Å². The van der Waals surface area contributed by atoms with Gasteiger partial charge in [-0.2, -0.15) is 10.2 Å². The van der Waals surface area contributed by atoms with Crippen LogP contribution in [0.1, 0.15) is 37.3 Å². The monoisotopic (exact) mass is 423 g/mol. The first kappa shape index (κ1) is 18.7. The summed E-state index contributed by atoms with van der Waals surface area (Å²) in [4.78, 5) is 13.5. The van der Waals surface area contributed by atoms with Gasteiger partial charge in [0.25, 0.3) is 0 Å². The van der Waals surface area contributed by atoms with Gasteiger partial charge in [0.2, 0.25) is 5.91 Å². The van der Waals surface area contributed by atoms with Crippen molar-refractivity contribution in [3.63, 3.8) is 0 Å². The van der Waals surface area contributed by atoms with Crippen molar-refractivity contribution < 1.29 is 13.6 Å². The second-order valence-electron chi connectivity index (χ2n) is 9.03. The topological polar surface area (TPSA) is 54.9 Å². The molecule has 2 aliphatic carbocycles. The highest BCUT2D eigenvalue weighted by Gasteiger charge is 2.52. The number of carbonyl (C=O) groups is 1. The summed E-state index contributed by atoms with van der Waals surface area (Å²) >= 11 is 0. The van der Waals surface area contributed by atoms with E-state index in [4.69, 9.17) is 0 Å². The summed E-state index contributed by atoms with van der Waals surface area (Å²) in [7, 11) is 0. The number of amides is 1. The summed E-state index contributed by atoms with van der Waals surface area (Å²) < 4.78 is 31.6. The Kier molecular flexibility index (Phi) is 4.23. The fourth-order valence-corrected chi connectivity index (χ4v) is 5.92. The Labute approximate surface area is 178 Å². The van der Waals surface area contributed by atoms with Crippen molar-refractivity contribution in [2.45, 2.75) is 38.3 Å². The highest BCUT2D eigenvalue weighted by molar-refractivity contribution is 5.82. The number of rotatable bonds is 4. The Morgan fingerprint density at radius 3 is 2.68 bits per heavy atom. The van der Waals surface area contributed by atoms with Crippen molar-refractivity contribution in [1.29, 1.82) is 0 Å². The summed E-state index contributed by atoms with van der Waals surface area (Å²) in [5.74, 6) is -0.0282. The minimum Gasteiger partial charge on any atom is -0.331 e. The minimum atomic E-state index is -0.632. The SMILES string of the molecule is O=C([C@H]1CC(Cn2ccn3nccc23)C2CCC21)N1N=CCC1c1cc(F)cc(F)c1. The molecule has 0 N–H and O–H groups in total. The van der Waals surface area contributed by atoms with E-state index in [0.29, 0.717) is 29.7 Å². The van der Waals surface area contributed by atoms with Crippen LogP contribution in [0.2, 0.25) is 0 Å². The maximum atomic E-state index is 13.8. The first-order valence-electron chi connectivity index (χ1n) is 10.9. The van der Waals surface area contributed by atoms with Crippen LogP contribution in [-0.2, 0) is 11.3 Å². The molecule has 0 saturated heterocycles. The average Bonchev–Trinajstić information content (AvgIpc) is 3.46. The lowest BCUT2D eigenvalue weighted by atomic mass is 9.70. The fraction of sp³-hybridized carbons (Fsp3) is 0.435. The molecule has 0 bridgehead atoms. The average molecular weight is 423 g/mol. The van der Waals surface area contributed by atoms with Gasteiger partial charge in [0, 0.05) is 49.6 Å². The van der Waals surface area contributed by atoms with E-state index in [1.54, 1.807) is 12.4 Å². The van der Waals surface area contributed by atoms with E-state index in [1.807, 2.05) is 23.0 Å². The fourth-order valence-electron chi connectivity index (χ4n) is 5.92. The first-order chi connectivity index (χ1) is 15.1. The van der Waals surface area contributed by atoms with Crippen LogP contribution in [0.5, 0.6) is 0 Å². The number of hydrazone groups is 1. The quantitative estimate of drug-likeness (QED) is 0.636. The maximum absolute atomic E-state index is 13.8. The van der Waals surface area contributed by atoms with Gasteiger partial charge in [0.1, 0.15) is 17.3 Å². The zero-order valence-corrected chi connectivity index (χ0v) is 16.9. The minimum absolute atomic E-state index is 0.0115. The van der Waals surface area contributed by atoms with Crippen LogP contribution in [0.4, 0.5) is 8.78 Å². The molecular weight excluding hydrogens is 400 g/mol. The largest absolute Gasteiger partial charge is 0.331 e. The summed E-state index contributed by atoms with van der Waals surface area (Å²) in [6.45, 7) is 0.870. The van der Waals surface area contributed by atoms with Crippen molar-refractivity contribution in [2.24, 2.45) is 28.8 Å². The van der Waals surface area contributed by atoms with Gasteiger partial charge in [-0.15, -0.1) is 0 Å². The normalized spacial score (nSPS) is 29.5. The molecule has 3 heterocycles. The van der Waals surface area contributed by atoms with E-state index in [2.05, 4.69) is 14.8 Å². The van der Waals surface area contributed by atoms with E-state index in [-0.39, 0.29) is 11.8 Å². The van der Waals surface area contributed by atoms with E-state index < -0.39 is 17.7 Å². The third kappa shape index (κ3) is 2.99. The highest BCUT2D eigenvalue weighted by Crippen LogP contribution is 2.55. The first-order valence-corrected chi connectivity index (χ1v) is 10.9. The molecule has 0 spiro atoms. The van der Waals surface area contributed by atoms with E-state index >= 15 is 0 Å². The number of hydrogen-bond acceptors (Lipinski definition) is 3. The zero-order chi connectivity index (χ0) is 21.1. The Balaban J connectivity index is 1.22. The number of carbonyl (C=O) groups excluding carboxylic acids is 1.